The Hall–Kier alpha value is -1.26. The molecule has 0 unspecified atom stereocenters. The first-order valence-electron chi connectivity index (χ1n) is 5.06. The molecule has 15 heavy (non-hydrogen) atoms. The van der Waals surface area contributed by atoms with Gasteiger partial charge in [-0.3, -0.25) is 4.79 Å². The van der Waals surface area contributed by atoms with E-state index < -0.39 is 17.6 Å². The minimum absolute atomic E-state index is 0.375. The molecule has 0 bridgehead atoms. The maximum absolute atomic E-state index is 11.4. The Kier molecular flexibility index (Phi) is 2.93. The predicted molar refractivity (Wildman–Crippen MR) is 55.1 cm³/mol. The van der Waals surface area contributed by atoms with Crippen LogP contribution in [0.3, 0.4) is 0 Å². The molecule has 1 rings (SSSR count). The number of ether oxygens (including phenoxy) is 1. The Balaban J connectivity index is 2.54. The number of carbonyl (C=O) groups is 2. The second kappa shape index (κ2) is 3.72. The van der Waals surface area contributed by atoms with Crippen molar-refractivity contribution >= 4 is 12.0 Å². The highest BCUT2D eigenvalue weighted by atomic mass is 16.6. The van der Waals surface area contributed by atoms with Crippen LogP contribution in [0.5, 0.6) is 0 Å². The number of carbonyl (C=O) groups excluding carboxylic acids is 2. The van der Waals surface area contributed by atoms with E-state index in [9.17, 15) is 9.59 Å². The molecule has 0 atom stereocenters. The van der Waals surface area contributed by atoms with E-state index in [4.69, 9.17) is 10.5 Å². The fourth-order valence-electron chi connectivity index (χ4n) is 1.41. The fourth-order valence-corrected chi connectivity index (χ4v) is 1.41. The van der Waals surface area contributed by atoms with Crippen LogP contribution in [0.15, 0.2) is 0 Å². The van der Waals surface area contributed by atoms with Crippen LogP contribution in [0.2, 0.25) is 0 Å². The third-order valence-electron chi connectivity index (χ3n) is 2.38. The number of nitrogens with one attached hydrogen (secondary N) is 1. The summed E-state index contributed by atoms with van der Waals surface area (Å²) >= 11 is 0. The molecule has 0 aromatic heterocycles. The Morgan fingerprint density at radius 3 is 2.13 bits per heavy atom. The lowest BCUT2D eigenvalue weighted by Gasteiger charge is -2.38. The zero-order valence-corrected chi connectivity index (χ0v) is 9.42. The van der Waals surface area contributed by atoms with Crippen molar-refractivity contribution in [2.75, 3.05) is 0 Å². The molecule has 5 heteroatoms. The number of hydrogen-bond donors (Lipinski definition) is 2. The number of amides is 2. The summed E-state index contributed by atoms with van der Waals surface area (Å²) in [6.45, 7) is 5.52. The van der Waals surface area contributed by atoms with Crippen molar-refractivity contribution in [3.63, 3.8) is 0 Å². The van der Waals surface area contributed by atoms with Gasteiger partial charge in [-0.1, -0.05) is 0 Å². The van der Waals surface area contributed by atoms with Crippen molar-refractivity contribution in [1.29, 1.82) is 0 Å². The first kappa shape index (κ1) is 11.8. The lowest BCUT2D eigenvalue weighted by Crippen LogP contribution is -2.55. The van der Waals surface area contributed by atoms with Crippen LogP contribution >= 0.6 is 0 Å². The molecule has 0 aromatic carbocycles. The molecular weight excluding hydrogens is 196 g/mol. The van der Waals surface area contributed by atoms with Crippen molar-refractivity contribution in [3.8, 4) is 0 Å². The molecule has 86 valence electrons. The van der Waals surface area contributed by atoms with Crippen molar-refractivity contribution in [3.05, 3.63) is 0 Å². The van der Waals surface area contributed by atoms with Gasteiger partial charge in [0.2, 0.25) is 0 Å². The van der Waals surface area contributed by atoms with Crippen molar-refractivity contribution in [2.45, 2.75) is 51.2 Å². The Bertz CT molecular complexity index is 277. The van der Waals surface area contributed by atoms with Crippen LogP contribution in [0, 0.1) is 0 Å². The van der Waals surface area contributed by atoms with Gasteiger partial charge in [-0.05, 0) is 40.0 Å². The fraction of sp³-hybridized carbons (Fsp3) is 0.800. The number of rotatable bonds is 2. The van der Waals surface area contributed by atoms with E-state index in [0.717, 1.165) is 6.42 Å². The van der Waals surface area contributed by atoms with Crippen molar-refractivity contribution in [2.24, 2.45) is 5.73 Å². The second-order valence-corrected chi connectivity index (χ2v) is 4.98. The average molecular weight is 214 g/mol. The Labute approximate surface area is 89.3 Å². The molecule has 1 fully saturated rings. The second-order valence-electron chi connectivity index (χ2n) is 4.98. The quantitative estimate of drug-likeness (QED) is 0.717. The van der Waals surface area contributed by atoms with Crippen LogP contribution in [0.4, 0.5) is 4.79 Å². The summed E-state index contributed by atoms with van der Waals surface area (Å²) in [4.78, 5) is 22.6. The van der Waals surface area contributed by atoms with Gasteiger partial charge >= 0.3 is 6.09 Å². The van der Waals surface area contributed by atoms with Gasteiger partial charge in [0.1, 0.15) is 0 Å². The Morgan fingerprint density at radius 1 is 1.33 bits per heavy atom. The SMILES string of the molecule is CC(C)(C)NC(=O)OC1(C(N)=O)CCC1. The van der Waals surface area contributed by atoms with E-state index in [1.54, 1.807) is 0 Å². The van der Waals surface area contributed by atoms with Gasteiger partial charge in [0.25, 0.3) is 5.91 Å². The van der Waals surface area contributed by atoms with Crippen LogP contribution in [0.25, 0.3) is 0 Å². The summed E-state index contributed by atoms with van der Waals surface area (Å²) in [6, 6.07) is 0. The van der Waals surface area contributed by atoms with Gasteiger partial charge in [-0.25, -0.2) is 4.79 Å². The Morgan fingerprint density at radius 2 is 1.87 bits per heavy atom. The van der Waals surface area contributed by atoms with Crippen LogP contribution in [-0.4, -0.2) is 23.1 Å². The topological polar surface area (TPSA) is 81.4 Å². The number of alkyl carbamates (subject to hydrolysis) is 1. The van der Waals surface area contributed by atoms with E-state index >= 15 is 0 Å². The lowest BCUT2D eigenvalue weighted by atomic mass is 9.79. The smallest absolute Gasteiger partial charge is 0.408 e. The van der Waals surface area contributed by atoms with E-state index in [1.807, 2.05) is 20.8 Å². The van der Waals surface area contributed by atoms with Crippen molar-refractivity contribution in [1.82, 2.24) is 5.32 Å². The van der Waals surface area contributed by atoms with Gasteiger partial charge in [0.15, 0.2) is 5.60 Å². The summed E-state index contributed by atoms with van der Waals surface area (Å²) in [5.74, 6) is -0.558. The summed E-state index contributed by atoms with van der Waals surface area (Å²) in [6.07, 6.45) is 1.34. The molecule has 1 aliphatic rings. The molecule has 5 nitrogen and oxygen atoms in total. The molecule has 1 aliphatic carbocycles. The maximum atomic E-state index is 11.4. The molecule has 0 aromatic rings. The van der Waals surface area contributed by atoms with Crippen LogP contribution in [-0.2, 0) is 9.53 Å². The molecule has 0 heterocycles. The third-order valence-corrected chi connectivity index (χ3v) is 2.38. The first-order chi connectivity index (χ1) is 6.75. The minimum atomic E-state index is -1.06. The molecule has 0 aliphatic heterocycles. The van der Waals surface area contributed by atoms with E-state index in [0.29, 0.717) is 12.8 Å². The molecule has 0 saturated heterocycles. The maximum Gasteiger partial charge on any atom is 0.408 e. The summed E-state index contributed by atoms with van der Waals surface area (Å²) < 4.78 is 5.09. The zero-order valence-electron chi connectivity index (χ0n) is 9.42. The van der Waals surface area contributed by atoms with Crippen LogP contribution < -0.4 is 11.1 Å². The number of primary amides is 1. The third kappa shape index (κ3) is 2.84. The standard InChI is InChI=1S/C10H18N2O3/c1-9(2,3)12-8(14)15-10(7(11)13)5-4-6-10/h4-6H2,1-3H3,(H2,11,13)(H,12,14). The molecule has 0 spiro atoms. The largest absolute Gasteiger partial charge is 0.433 e. The van der Waals surface area contributed by atoms with E-state index in [-0.39, 0.29) is 5.54 Å². The van der Waals surface area contributed by atoms with Gasteiger partial charge in [-0.15, -0.1) is 0 Å². The van der Waals surface area contributed by atoms with E-state index in [1.165, 1.54) is 0 Å². The summed E-state index contributed by atoms with van der Waals surface area (Å²) in [7, 11) is 0. The van der Waals surface area contributed by atoms with Gasteiger partial charge in [-0.2, -0.15) is 0 Å². The highest BCUT2D eigenvalue weighted by Gasteiger charge is 2.47. The zero-order chi connectivity index (χ0) is 11.7. The number of hydrogen-bond acceptors (Lipinski definition) is 3. The normalized spacial score (nSPS) is 18.9. The summed E-state index contributed by atoms with van der Waals surface area (Å²) in [5.41, 5.74) is 3.77. The van der Waals surface area contributed by atoms with Gasteiger partial charge in [0, 0.05) is 5.54 Å². The first-order valence-corrected chi connectivity index (χ1v) is 5.06. The molecule has 3 N–H and O–H groups in total. The van der Waals surface area contributed by atoms with E-state index in [2.05, 4.69) is 5.32 Å². The average Bonchev–Trinajstić information content (AvgIpc) is 1.92. The lowest BCUT2D eigenvalue weighted by molar-refractivity contribution is -0.145. The molecule has 0 radical (unpaired) electrons. The molecule has 1 saturated carbocycles. The van der Waals surface area contributed by atoms with Gasteiger partial charge < -0.3 is 15.8 Å². The minimum Gasteiger partial charge on any atom is -0.433 e. The highest BCUT2D eigenvalue weighted by molar-refractivity contribution is 5.87. The van der Waals surface area contributed by atoms with Gasteiger partial charge in [0.05, 0.1) is 0 Å². The summed E-state index contributed by atoms with van der Waals surface area (Å²) in [5, 5.41) is 2.63. The molecular formula is C10H18N2O3. The highest BCUT2D eigenvalue weighted by Crippen LogP contribution is 2.35. The number of nitrogens with two attached hydrogens (primary N) is 1. The van der Waals surface area contributed by atoms with Crippen molar-refractivity contribution < 1.29 is 14.3 Å². The van der Waals surface area contributed by atoms with Crippen LogP contribution in [0.1, 0.15) is 40.0 Å². The predicted octanol–water partition coefficient (Wildman–Crippen LogP) is 0.919. The monoisotopic (exact) mass is 214 g/mol. The molecule has 2 amide bonds.